The van der Waals surface area contributed by atoms with Gasteiger partial charge in [-0.1, -0.05) is 42.8 Å². The molecule has 3 rings (SSSR count). The largest absolute Gasteiger partial charge is 0.494 e. The molecule has 0 bridgehead atoms. The van der Waals surface area contributed by atoms with Crippen LogP contribution in [0.3, 0.4) is 0 Å². The van der Waals surface area contributed by atoms with E-state index in [4.69, 9.17) is 18.4 Å². The summed E-state index contributed by atoms with van der Waals surface area (Å²) in [5.74, 6) is 1.72. The first kappa shape index (κ1) is 24.1. The van der Waals surface area contributed by atoms with Crippen LogP contribution in [0.1, 0.15) is 33.5 Å². The summed E-state index contributed by atoms with van der Waals surface area (Å²) < 4.78 is 23.9. The first-order valence-electron chi connectivity index (χ1n) is 10.1. The fourth-order valence-electron chi connectivity index (χ4n) is 3.14. The molecule has 0 saturated carbocycles. The highest BCUT2D eigenvalue weighted by Crippen LogP contribution is 2.63. The first-order valence-corrected chi connectivity index (χ1v) is 12.6. The molecular formula is C23H26BrN2O5P. The maximum atomic E-state index is 11.9. The molecule has 0 aliphatic carbocycles. The molecule has 1 heterocycles. The van der Waals surface area contributed by atoms with E-state index in [-0.39, 0.29) is 11.4 Å². The Morgan fingerprint density at radius 2 is 1.88 bits per heavy atom. The van der Waals surface area contributed by atoms with Crippen molar-refractivity contribution < 1.29 is 18.6 Å². The summed E-state index contributed by atoms with van der Waals surface area (Å²) in [7, 11) is -2.98. The zero-order valence-electron chi connectivity index (χ0n) is 18.7. The van der Waals surface area contributed by atoms with Crippen LogP contribution < -0.4 is 14.8 Å². The molecule has 3 aromatic rings. The van der Waals surface area contributed by atoms with Crippen LogP contribution in [0, 0.1) is 17.0 Å². The van der Waals surface area contributed by atoms with Crippen LogP contribution in [0.2, 0.25) is 0 Å². The van der Waals surface area contributed by atoms with Crippen molar-refractivity contribution in [1.29, 1.82) is 0 Å². The van der Waals surface area contributed by atoms with Crippen LogP contribution in [0.4, 0.5) is 11.4 Å². The summed E-state index contributed by atoms with van der Waals surface area (Å²) in [5, 5.41) is 11.4. The van der Waals surface area contributed by atoms with E-state index in [1.54, 1.807) is 12.1 Å². The van der Waals surface area contributed by atoms with Crippen molar-refractivity contribution in [3.05, 3.63) is 74.9 Å². The minimum atomic E-state index is -2.98. The van der Waals surface area contributed by atoms with Crippen molar-refractivity contribution in [2.75, 3.05) is 6.61 Å². The van der Waals surface area contributed by atoms with Crippen LogP contribution in [0.25, 0.3) is 0 Å². The van der Waals surface area contributed by atoms with Gasteiger partial charge in [-0.25, -0.2) is 4.74 Å². The molecule has 0 aliphatic heterocycles. The van der Waals surface area contributed by atoms with E-state index >= 15 is 0 Å². The van der Waals surface area contributed by atoms with E-state index in [0.717, 1.165) is 4.47 Å². The minimum Gasteiger partial charge on any atom is -0.494 e. The average molecular weight is 521 g/mol. The van der Waals surface area contributed by atoms with Crippen LogP contribution >= 0.6 is 23.2 Å². The predicted octanol–water partition coefficient (Wildman–Crippen LogP) is 7.61. The maximum absolute atomic E-state index is 11.9. The molecule has 0 unspecified atom stereocenters. The number of nitro groups is 1. The third-order valence-electron chi connectivity index (χ3n) is 4.67. The number of furan rings is 1. The van der Waals surface area contributed by atoms with E-state index in [2.05, 4.69) is 15.9 Å². The van der Waals surface area contributed by atoms with Gasteiger partial charge in [0.05, 0.1) is 17.6 Å². The third kappa shape index (κ3) is 5.08. The minimum absolute atomic E-state index is 0.148. The van der Waals surface area contributed by atoms with Gasteiger partial charge in [-0.15, -0.1) is 0 Å². The lowest BCUT2D eigenvalue weighted by Crippen LogP contribution is -2.26. The summed E-state index contributed by atoms with van der Waals surface area (Å²) in [6, 6.07) is 15.8. The quantitative estimate of drug-likeness (QED) is 0.181. The lowest BCUT2D eigenvalue weighted by molar-refractivity contribution is -0.384. The first-order chi connectivity index (χ1) is 15.1. The molecule has 0 saturated heterocycles. The van der Waals surface area contributed by atoms with Crippen LogP contribution in [0.15, 0.2) is 68.2 Å². The molecule has 1 aromatic heterocycles. The highest BCUT2D eigenvalue weighted by Gasteiger charge is 2.42. The Balaban J connectivity index is 2.33. The monoisotopic (exact) mass is 520 g/mol. The molecular weight excluding hydrogens is 495 g/mol. The maximum Gasteiger partial charge on any atom is 0.298 e. The van der Waals surface area contributed by atoms with Gasteiger partial charge in [-0.05, 0) is 56.3 Å². The Labute approximate surface area is 196 Å². The van der Waals surface area contributed by atoms with Gasteiger partial charge in [0, 0.05) is 9.63 Å². The number of ether oxygens (including phenoxy) is 1. The summed E-state index contributed by atoms with van der Waals surface area (Å²) in [6.07, 6.45) is 0. The normalized spacial score (nSPS) is 13.3. The van der Waals surface area contributed by atoms with Gasteiger partial charge in [-0.2, -0.15) is 0 Å². The topological polar surface area (TPSA) is 87.1 Å². The van der Waals surface area contributed by atoms with Gasteiger partial charge >= 0.3 is 0 Å². The molecule has 7 nitrogen and oxygen atoms in total. The molecule has 0 radical (unpaired) electrons. The second kappa shape index (κ2) is 9.51. The van der Waals surface area contributed by atoms with E-state index < -0.39 is 17.4 Å². The van der Waals surface area contributed by atoms with Crippen molar-refractivity contribution in [3.63, 3.8) is 0 Å². The Morgan fingerprint density at radius 3 is 2.44 bits per heavy atom. The SMILES string of the molecule is CCOc1ccc(N=[P@](Oc2cccc(Br)c2)(c2ccc(C)o2)C(C)(C)C)c([N+](=O)[O-])c1. The molecule has 0 fully saturated rings. The molecule has 1 atom stereocenters. The van der Waals surface area contributed by atoms with Gasteiger partial charge in [0.15, 0.2) is 5.50 Å². The molecule has 0 aliphatic rings. The molecule has 0 spiro atoms. The van der Waals surface area contributed by atoms with E-state index in [0.29, 0.717) is 29.4 Å². The van der Waals surface area contributed by atoms with Gasteiger partial charge in [0.1, 0.15) is 22.9 Å². The fourth-order valence-corrected chi connectivity index (χ4v) is 6.41. The zero-order valence-corrected chi connectivity index (χ0v) is 21.1. The van der Waals surface area contributed by atoms with Crippen molar-refractivity contribution in [2.24, 2.45) is 4.74 Å². The van der Waals surface area contributed by atoms with Gasteiger partial charge < -0.3 is 13.7 Å². The summed E-state index contributed by atoms with van der Waals surface area (Å²) >= 11 is 3.48. The molecule has 2 aromatic carbocycles. The zero-order chi connectivity index (χ0) is 23.5. The van der Waals surface area contributed by atoms with Crippen molar-refractivity contribution in [2.45, 2.75) is 39.8 Å². The van der Waals surface area contributed by atoms with E-state index in [1.807, 2.05) is 71.0 Å². The average Bonchev–Trinajstić information content (AvgIpc) is 3.14. The number of benzene rings is 2. The highest BCUT2D eigenvalue weighted by molar-refractivity contribution is 9.10. The number of nitro benzene ring substituents is 1. The number of halogens is 1. The highest BCUT2D eigenvalue weighted by atomic mass is 79.9. The standard InChI is InChI=1S/C23H26BrN2O5P/c1-6-29-18-11-12-20(21(15-18)26(27)28)25-32(23(3,4)5,22-13-10-16(2)30-22)31-19-9-7-8-17(24)14-19/h7-15H,6H2,1-5H3/t32-/m0/s1. The molecule has 0 amide bonds. The summed E-state index contributed by atoms with van der Waals surface area (Å²) in [4.78, 5) is 11.4. The molecule has 9 heteroatoms. The van der Waals surface area contributed by atoms with E-state index in [1.165, 1.54) is 6.07 Å². The number of nitrogens with zero attached hydrogens (tertiary/aromatic N) is 2. The third-order valence-corrected chi connectivity index (χ3v) is 8.79. The smallest absolute Gasteiger partial charge is 0.298 e. The Hall–Kier alpha value is -2.57. The number of rotatable bonds is 7. The Morgan fingerprint density at radius 1 is 1.12 bits per heavy atom. The molecule has 0 N–H and O–H groups in total. The van der Waals surface area contributed by atoms with Crippen LogP contribution in [0.5, 0.6) is 11.5 Å². The van der Waals surface area contributed by atoms with E-state index in [9.17, 15) is 10.1 Å². The fraction of sp³-hybridized carbons (Fsp3) is 0.304. The van der Waals surface area contributed by atoms with Gasteiger partial charge in [-0.3, -0.25) is 10.1 Å². The Kier molecular flexibility index (Phi) is 7.16. The second-order valence-corrected chi connectivity index (χ2v) is 12.4. The van der Waals surface area contributed by atoms with Gasteiger partial charge in [0.2, 0.25) is 7.28 Å². The predicted molar refractivity (Wildman–Crippen MR) is 131 cm³/mol. The van der Waals surface area contributed by atoms with Crippen molar-refractivity contribution in [3.8, 4) is 11.5 Å². The number of hydrogen-bond donors (Lipinski definition) is 0. The lowest BCUT2D eigenvalue weighted by Gasteiger charge is -2.35. The van der Waals surface area contributed by atoms with Crippen LogP contribution in [-0.2, 0) is 0 Å². The van der Waals surface area contributed by atoms with Crippen molar-refractivity contribution in [1.82, 2.24) is 0 Å². The number of hydrogen-bond acceptors (Lipinski definition) is 6. The molecule has 170 valence electrons. The lowest BCUT2D eigenvalue weighted by atomic mass is 10.2. The van der Waals surface area contributed by atoms with Crippen LogP contribution in [-0.4, -0.2) is 16.7 Å². The number of aryl methyl sites for hydroxylation is 1. The molecule has 32 heavy (non-hydrogen) atoms. The summed E-state index contributed by atoms with van der Waals surface area (Å²) in [6.45, 7) is 10.1. The van der Waals surface area contributed by atoms with Crippen molar-refractivity contribution >= 4 is 40.1 Å². The Bertz CT molecular complexity index is 1180. The second-order valence-electron chi connectivity index (χ2n) is 8.12. The summed E-state index contributed by atoms with van der Waals surface area (Å²) in [5.41, 5.74) is 0.627. The van der Waals surface area contributed by atoms with Gasteiger partial charge in [0.25, 0.3) is 5.69 Å².